The van der Waals surface area contributed by atoms with Gasteiger partial charge in [-0.3, -0.25) is 4.79 Å². The van der Waals surface area contributed by atoms with Crippen LogP contribution in [0.3, 0.4) is 0 Å². The van der Waals surface area contributed by atoms with Crippen LogP contribution < -0.4 is 0 Å². The van der Waals surface area contributed by atoms with Crippen molar-refractivity contribution in [3.63, 3.8) is 0 Å². The van der Waals surface area contributed by atoms with Gasteiger partial charge in [0, 0.05) is 19.5 Å². The Balaban J connectivity index is 1.47. The Morgan fingerprint density at radius 3 is 2.54 bits per heavy atom. The van der Waals surface area contributed by atoms with Gasteiger partial charge in [-0.05, 0) is 49.0 Å². The highest BCUT2D eigenvalue weighted by Crippen LogP contribution is 2.46. The SMILES string of the molecule is O=C(O)CC1CCC2(CC1)CCN(C(=O)OCc1ccccc1)C2. The molecular weight excluding hydrogens is 306 g/mol. The van der Waals surface area contributed by atoms with Gasteiger partial charge in [0.25, 0.3) is 0 Å². The summed E-state index contributed by atoms with van der Waals surface area (Å²) in [5, 5.41) is 8.92. The number of aliphatic carboxylic acids is 1. The molecule has 5 nitrogen and oxygen atoms in total. The second-order valence-electron chi connectivity index (χ2n) is 7.25. The topological polar surface area (TPSA) is 66.8 Å². The van der Waals surface area contributed by atoms with Crippen molar-refractivity contribution in [2.24, 2.45) is 11.3 Å². The lowest BCUT2D eigenvalue weighted by Crippen LogP contribution is -2.35. The summed E-state index contributed by atoms with van der Waals surface area (Å²) < 4.78 is 5.43. The Kier molecular flexibility index (Phi) is 5.07. The zero-order chi connectivity index (χ0) is 17.0. The molecule has 1 saturated carbocycles. The third-order valence-electron chi connectivity index (χ3n) is 5.53. The molecule has 1 aliphatic heterocycles. The molecule has 2 aliphatic rings. The molecule has 0 unspecified atom stereocenters. The second-order valence-corrected chi connectivity index (χ2v) is 7.25. The van der Waals surface area contributed by atoms with Crippen LogP contribution in [0.4, 0.5) is 4.79 Å². The fraction of sp³-hybridized carbons (Fsp3) is 0.579. The average molecular weight is 331 g/mol. The van der Waals surface area contributed by atoms with Gasteiger partial charge in [0.15, 0.2) is 0 Å². The number of carbonyl (C=O) groups excluding carboxylic acids is 1. The molecule has 0 atom stereocenters. The van der Waals surface area contributed by atoms with Gasteiger partial charge in [0.1, 0.15) is 6.61 Å². The van der Waals surface area contributed by atoms with Gasteiger partial charge in [-0.1, -0.05) is 30.3 Å². The average Bonchev–Trinajstić information content (AvgIpc) is 3.00. The summed E-state index contributed by atoms with van der Waals surface area (Å²) in [5.41, 5.74) is 1.18. The zero-order valence-corrected chi connectivity index (χ0v) is 13.9. The molecule has 1 amide bonds. The lowest BCUT2D eigenvalue weighted by atomic mass is 9.69. The van der Waals surface area contributed by atoms with Crippen LogP contribution >= 0.6 is 0 Å². The molecule has 0 aromatic heterocycles. The van der Waals surface area contributed by atoms with Crippen molar-refractivity contribution in [1.82, 2.24) is 4.90 Å². The van der Waals surface area contributed by atoms with E-state index in [1.54, 1.807) is 0 Å². The molecule has 1 heterocycles. The number of likely N-dealkylation sites (tertiary alicyclic amines) is 1. The van der Waals surface area contributed by atoms with Crippen LogP contribution in [-0.2, 0) is 16.1 Å². The summed E-state index contributed by atoms with van der Waals surface area (Å²) >= 11 is 0. The Bertz CT molecular complexity index is 578. The van der Waals surface area contributed by atoms with Gasteiger partial charge in [-0.2, -0.15) is 0 Å². The summed E-state index contributed by atoms with van der Waals surface area (Å²) in [5.74, 6) is -0.402. The van der Waals surface area contributed by atoms with E-state index in [0.717, 1.165) is 50.8 Å². The van der Waals surface area contributed by atoms with Gasteiger partial charge in [0.05, 0.1) is 0 Å². The number of benzene rings is 1. The van der Waals surface area contributed by atoms with Crippen molar-refractivity contribution in [2.45, 2.75) is 45.1 Å². The number of rotatable bonds is 4. The van der Waals surface area contributed by atoms with Gasteiger partial charge in [-0.15, -0.1) is 0 Å². The quantitative estimate of drug-likeness (QED) is 0.914. The highest BCUT2D eigenvalue weighted by molar-refractivity contribution is 5.68. The van der Waals surface area contributed by atoms with Crippen molar-refractivity contribution in [1.29, 1.82) is 0 Å². The molecule has 2 fully saturated rings. The number of carboxylic acid groups (broad SMARTS) is 1. The minimum Gasteiger partial charge on any atom is -0.481 e. The molecule has 1 spiro atoms. The number of nitrogens with zero attached hydrogens (tertiary/aromatic N) is 1. The molecule has 1 aromatic carbocycles. The van der Waals surface area contributed by atoms with Crippen LogP contribution in [0.1, 0.15) is 44.1 Å². The van der Waals surface area contributed by atoms with E-state index in [2.05, 4.69) is 0 Å². The van der Waals surface area contributed by atoms with E-state index < -0.39 is 5.97 Å². The van der Waals surface area contributed by atoms with E-state index in [1.165, 1.54) is 0 Å². The highest BCUT2D eigenvalue weighted by Gasteiger charge is 2.43. The van der Waals surface area contributed by atoms with E-state index in [-0.39, 0.29) is 17.9 Å². The molecule has 5 heteroatoms. The fourth-order valence-electron chi connectivity index (χ4n) is 4.05. The lowest BCUT2D eigenvalue weighted by molar-refractivity contribution is -0.138. The zero-order valence-electron chi connectivity index (χ0n) is 13.9. The predicted octanol–water partition coefficient (Wildman–Crippen LogP) is 3.68. The third kappa shape index (κ3) is 4.08. The highest BCUT2D eigenvalue weighted by atomic mass is 16.6. The van der Waals surface area contributed by atoms with Crippen molar-refractivity contribution >= 4 is 12.1 Å². The van der Waals surface area contributed by atoms with E-state index in [4.69, 9.17) is 9.84 Å². The van der Waals surface area contributed by atoms with Gasteiger partial charge >= 0.3 is 12.1 Å². The lowest BCUT2D eigenvalue weighted by Gasteiger charge is -2.36. The number of amides is 1. The van der Waals surface area contributed by atoms with Gasteiger partial charge in [-0.25, -0.2) is 4.79 Å². The number of hydrogen-bond donors (Lipinski definition) is 1. The summed E-state index contributed by atoms with van der Waals surface area (Å²) in [7, 11) is 0. The van der Waals surface area contributed by atoms with E-state index in [9.17, 15) is 9.59 Å². The van der Waals surface area contributed by atoms with Crippen LogP contribution in [0.2, 0.25) is 0 Å². The van der Waals surface area contributed by atoms with E-state index in [1.807, 2.05) is 35.2 Å². The van der Waals surface area contributed by atoms with Crippen LogP contribution in [-0.4, -0.2) is 35.2 Å². The standard InChI is InChI=1S/C19H25NO4/c21-17(22)12-15-6-8-19(9-7-15)10-11-20(14-19)18(23)24-13-16-4-2-1-3-5-16/h1-5,15H,6-14H2,(H,21,22). The maximum atomic E-state index is 12.3. The number of carbonyl (C=O) groups is 2. The molecule has 1 aromatic rings. The largest absolute Gasteiger partial charge is 0.481 e. The number of carboxylic acids is 1. The third-order valence-corrected chi connectivity index (χ3v) is 5.53. The minimum atomic E-state index is -0.700. The van der Waals surface area contributed by atoms with Crippen LogP contribution in [0.15, 0.2) is 30.3 Å². The van der Waals surface area contributed by atoms with Gasteiger partial charge < -0.3 is 14.7 Å². The van der Waals surface area contributed by atoms with Crippen molar-refractivity contribution < 1.29 is 19.4 Å². The van der Waals surface area contributed by atoms with E-state index in [0.29, 0.717) is 12.5 Å². The molecule has 1 aliphatic carbocycles. The maximum Gasteiger partial charge on any atom is 0.410 e. The molecule has 0 radical (unpaired) electrons. The van der Waals surface area contributed by atoms with Crippen molar-refractivity contribution in [3.05, 3.63) is 35.9 Å². The molecule has 3 rings (SSSR count). The fourth-order valence-corrected chi connectivity index (χ4v) is 4.05. The molecule has 130 valence electrons. The van der Waals surface area contributed by atoms with Crippen molar-refractivity contribution in [2.75, 3.05) is 13.1 Å². The number of hydrogen-bond acceptors (Lipinski definition) is 3. The minimum absolute atomic E-state index is 0.181. The predicted molar refractivity (Wildman–Crippen MR) is 89.5 cm³/mol. The van der Waals surface area contributed by atoms with E-state index >= 15 is 0 Å². The Labute approximate surface area is 142 Å². The van der Waals surface area contributed by atoms with Crippen LogP contribution in [0, 0.1) is 11.3 Å². The maximum absolute atomic E-state index is 12.3. The molecular formula is C19H25NO4. The number of ether oxygens (including phenoxy) is 1. The Morgan fingerprint density at radius 2 is 1.88 bits per heavy atom. The monoisotopic (exact) mass is 331 g/mol. The Morgan fingerprint density at radius 1 is 1.17 bits per heavy atom. The van der Waals surface area contributed by atoms with Crippen LogP contribution in [0.25, 0.3) is 0 Å². The first-order valence-electron chi connectivity index (χ1n) is 8.74. The van der Waals surface area contributed by atoms with Gasteiger partial charge in [0.2, 0.25) is 0 Å². The smallest absolute Gasteiger partial charge is 0.410 e. The van der Waals surface area contributed by atoms with Crippen molar-refractivity contribution in [3.8, 4) is 0 Å². The molecule has 1 N–H and O–H groups in total. The molecule has 0 bridgehead atoms. The first-order valence-corrected chi connectivity index (χ1v) is 8.74. The molecule has 1 saturated heterocycles. The summed E-state index contributed by atoms with van der Waals surface area (Å²) in [6.07, 6.45) is 5.01. The normalized spacial score (nSPS) is 26.5. The van der Waals surface area contributed by atoms with Crippen LogP contribution in [0.5, 0.6) is 0 Å². The summed E-state index contributed by atoms with van der Waals surface area (Å²) in [6, 6.07) is 9.70. The molecule has 24 heavy (non-hydrogen) atoms. The summed E-state index contributed by atoms with van der Waals surface area (Å²) in [4.78, 5) is 24.9. The Hall–Kier alpha value is -2.04. The summed E-state index contributed by atoms with van der Waals surface area (Å²) in [6.45, 7) is 1.81. The first-order chi connectivity index (χ1) is 11.6. The first kappa shape index (κ1) is 16.8. The second kappa shape index (κ2) is 7.24.